The number of methoxy groups -OCH3 is 1. The van der Waals surface area contributed by atoms with Crippen LogP contribution in [0.15, 0.2) is 6.07 Å². The highest BCUT2D eigenvalue weighted by Crippen LogP contribution is 2.50. The van der Waals surface area contributed by atoms with Crippen molar-refractivity contribution in [2.75, 3.05) is 36.3 Å². The molecule has 10 nitrogen and oxygen atoms in total. The van der Waals surface area contributed by atoms with Gasteiger partial charge < -0.3 is 25.4 Å². The van der Waals surface area contributed by atoms with E-state index in [1.54, 1.807) is 4.90 Å². The SMILES string of the molecule is COc1c(N2CCC(N)C(C)(C)C2)c(F)cc2c1N(C1CC1)C(=O)C(C(=O)O)C2.CS(=O)(=O)O. The molecular formula is C22H32FN3O7S. The third-order valence-electron chi connectivity index (χ3n) is 6.50. The van der Waals surface area contributed by atoms with Crippen molar-refractivity contribution >= 4 is 33.4 Å². The van der Waals surface area contributed by atoms with E-state index in [0.717, 1.165) is 19.3 Å². The number of fused-ring (bicyclic) bond motifs is 1. The minimum Gasteiger partial charge on any atom is -0.492 e. The highest BCUT2D eigenvalue weighted by molar-refractivity contribution is 7.85. The fourth-order valence-corrected chi connectivity index (χ4v) is 4.60. The molecule has 1 aliphatic carbocycles. The van der Waals surface area contributed by atoms with E-state index in [9.17, 15) is 23.1 Å². The quantitative estimate of drug-likeness (QED) is 0.413. The van der Waals surface area contributed by atoms with E-state index in [2.05, 4.69) is 13.8 Å². The van der Waals surface area contributed by atoms with Crippen LogP contribution >= 0.6 is 0 Å². The van der Waals surface area contributed by atoms with Crippen LogP contribution in [0.3, 0.4) is 0 Å². The predicted octanol–water partition coefficient (Wildman–Crippen LogP) is 1.65. The highest BCUT2D eigenvalue weighted by atomic mass is 32.2. The summed E-state index contributed by atoms with van der Waals surface area (Å²) >= 11 is 0. The summed E-state index contributed by atoms with van der Waals surface area (Å²) in [5.74, 6) is -2.95. The number of anilines is 2. The molecule has 0 bridgehead atoms. The Bertz CT molecular complexity index is 1080. The fourth-order valence-electron chi connectivity index (χ4n) is 4.60. The zero-order valence-electron chi connectivity index (χ0n) is 19.7. The number of aliphatic carboxylic acids is 1. The number of hydrogen-bond donors (Lipinski definition) is 3. The number of carboxylic acid groups (broad SMARTS) is 1. The molecule has 0 aromatic heterocycles. The van der Waals surface area contributed by atoms with Crippen molar-refractivity contribution in [2.24, 2.45) is 17.1 Å². The van der Waals surface area contributed by atoms with Gasteiger partial charge in [-0.2, -0.15) is 8.42 Å². The number of carbonyl (C=O) groups excluding carboxylic acids is 1. The number of piperidine rings is 1. The van der Waals surface area contributed by atoms with Gasteiger partial charge >= 0.3 is 5.97 Å². The number of rotatable bonds is 4. The van der Waals surface area contributed by atoms with Crippen molar-refractivity contribution in [3.63, 3.8) is 0 Å². The zero-order chi connectivity index (χ0) is 25.6. The Balaban J connectivity index is 0.000000588. The monoisotopic (exact) mass is 501 g/mol. The number of carboxylic acids is 1. The minimum absolute atomic E-state index is 0.0197. The number of ether oxygens (including phenoxy) is 1. The van der Waals surface area contributed by atoms with Crippen molar-refractivity contribution in [3.8, 4) is 5.75 Å². The zero-order valence-corrected chi connectivity index (χ0v) is 20.6. The van der Waals surface area contributed by atoms with Crippen molar-refractivity contribution in [1.82, 2.24) is 0 Å². The van der Waals surface area contributed by atoms with Crippen LogP contribution < -0.4 is 20.3 Å². The first-order valence-corrected chi connectivity index (χ1v) is 12.9. The van der Waals surface area contributed by atoms with E-state index >= 15 is 4.39 Å². The first-order chi connectivity index (χ1) is 15.7. The standard InChI is InChI=1S/C21H28FN3O4.CH4O3S/c1-21(2)10-24(7-6-15(21)23)17-14(22)9-11-8-13(20(27)28)19(26)25(12-4-5-12)16(11)18(17)29-3;1-5(2,3)4/h9,12-13,15H,4-8,10,23H2,1-3H3,(H,27,28);1H3,(H,2,3,4). The maximum Gasteiger partial charge on any atom is 0.316 e. The molecule has 2 atom stereocenters. The molecule has 1 saturated carbocycles. The second-order valence-corrected chi connectivity index (χ2v) is 11.3. The number of benzene rings is 1. The number of nitrogens with two attached hydrogens (primary N) is 1. The van der Waals surface area contributed by atoms with Gasteiger partial charge in [0.05, 0.1) is 19.1 Å². The average Bonchev–Trinajstić information content (AvgIpc) is 3.52. The van der Waals surface area contributed by atoms with E-state index in [-0.39, 0.29) is 23.9 Å². The molecule has 34 heavy (non-hydrogen) atoms. The number of amides is 1. The van der Waals surface area contributed by atoms with Crippen molar-refractivity contribution in [1.29, 1.82) is 0 Å². The van der Waals surface area contributed by atoms with E-state index in [4.69, 9.17) is 15.0 Å². The first-order valence-electron chi connectivity index (χ1n) is 11.0. The number of hydrogen-bond acceptors (Lipinski definition) is 7. The third-order valence-corrected chi connectivity index (χ3v) is 6.50. The average molecular weight is 502 g/mol. The van der Waals surface area contributed by atoms with E-state index in [1.807, 2.05) is 4.90 Å². The lowest BCUT2D eigenvalue weighted by Gasteiger charge is -2.44. The predicted molar refractivity (Wildman–Crippen MR) is 124 cm³/mol. The molecule has 1 amide bonds. The first kappa shape index (κ1) is 26.2. The van der Waals surface area contributed by atoms with Gasteiger partial charge in [0.15, 0.2) is 11.6 Å². The summed E-state index contributed by atoms with van der Waals surface area (Å²) in [5.41, 5.74) is 7.41. The van der Waals surface area contributed by atoms with Crippen LogP contribution in [-0.2, 0) is 26.1 Å². The summed E-state index contributed by atoms with van der Waals surface area (Å²) in [6.07, 6.45) is 3.01. The van der Waals surface area contributed by atoms with Gasteiger partial charge in [-0.3, -0.25) is 14.1 Å². The van der Waals surface area contributed by atoms with Gasteiger partial charge in [-0.15, -0.1) is 0 Å². The summed E-state index contributed by atoms with van der Waals surface area (Å²) in [6, 6.07) is 1.35. The maximum atomic E-state index is 15.3. The van der Waals surface area contributed by atoms with Gasteiger partial charge in [0.25, 0.3) is 10.1 Å². The molecule has 2 heterocycles. The van der Waals surface area contributed by atoms with Crippen molar-refractivity contribution in [2.45, 2.75) is 51.6 Å². The molecule has 1 aromatic carbocycles. The Morgan fingerprint density at radius 2 is 1.85 bits per heavy atom. The Morgan fingerprint density at radius 1 is 1.26 bits per heavy atom. The summed E-state index contributed by atoms with van der Waals surface area (Å²) < 4.78 is 46.9. The van der Waals surface area contributed by atoms with E-state index in [1.165, 1.54) is 13.2 Å². The molecule has 2 fully saturated rings. The summed E-state index contributed by atoms with van der Waals surface area (Å²) in [6.45, 7) is 5.27. The number of carbonyl (C=O) groups is 2. The molecule has 190 valence electrons. The molecule has 0 radical (unpaired) electrons. The Kier molecular flexibility index (Phi) is 7.16. The molecule has 12 heteroatoms. The lowest BCUT2D eigenvalue weighted by atomic mass is 9.79. The second kappa shape index (κ2) is 9.31. The Hall–Kier alpha value is -2.44. The van der Waals surface area contributed by atoms with Crippen LogP contribution in [0.25, 0.3) is 0 Å². The van der Waals surface area contributed by atoms with Crippen LogP contribution in [0.5, 0.6) is 5.75 Å². The van der Waals surface area contributed by atoms with E-state index in [0.29, 0.717) is 42.0 Å². The number of halogens is 1. The van der Waals surface area contributed by atoms with Gasteiger partial charge in [-0.05, 0) is 42.7 Å². The van der Waals surface area contributed by atoms with Crippen LogP contribution in [0, 0.1) is 17.2 Å². The molecule has 2 aliphatic heterocycles. The normalized spacial score (nSPS) is 24.1. The Morgan fingerprint density at radius 3 is 2.32 bits per heavy atom. The minimum atomic E-state index is -3.67. The summed E-state index contributed by atoms with van der Waals surface area (Å²) in [7, 11) is -2.20. The van der Waals surface area contributed by atoms with Gasteiger partial charge in [0, 0.05) is 25.2 Å². The van der Waals surface area contributed by atoms with Crippen molar-refractivity contribution < 1.29 is 36.8 Å². The molecule has 0 spiro atoms. The molecular weight excluding hydrogens is 469 g/mol. The highest BCUT2D eigenvalue weighted by Gasteiger charge is 2.47. The molecule has 1 aromatic rings. The third kappa shape index (κ3) is 5.44. The largest absolute Gasteiger partial charge is 0.492 e. The Labute approximate surface area is 198 Å². The van der Waals surface area contributed by atoms with Gasteiger partial charge in [0.1, 0.15) is 11.6 Å². The lowest BCUT2D eigenvalue weighted by molar-refractivity contribution is -0.146. The molecule has 2 unspecified atom stereocenters. The summed E-state index contributed by atoms with van der Waals surface area (Å²) in [5, 5.41) is 9.50. The number of nitrogens with zero attached hydrogens (tertiary/aromatic N) is 2. The smallest absolute Gasteiger partial charge is 0.316 e. The molecule has 4 rings (SSSR count). The van der Waals surface area contributed by atoms with Crippen molar-refractivity contribution in [3.05, 3.63) is 17.4 Å². The van der Waals surface area contributed by atoms with Crippen LogP contribution in [0.4, 0.5) is 15.8 Å². The molecule has 4 N–H and O–H groups in total. The van der Waals surface area contributed by atoms with Crippen LogP contribution in [0.1, 0.15) is 38.7 Å². The molecule has 3 aliphatic rings. The second-order valence-electron chi connectivity index (χ2n) is 9.82. The van der Waals surface area contributed by atoms with Crippen LogP contribution in [0.2, 0.25) is 0 Å². The molecule has 1 saturated heterocycles. The maximum absolute atomic E-state index is 15.3. The van der Waals surface area contributed by atoms with Gasteiger partial charge in [-0.1, -0.05) is 13.8 Å². The summed E-state index contributed by atoms with van der Waals surface area (Å²) in [4.78, 5) is 28.1. The van der Waals surface area contributed by atoms with Gasteiger partial charge in [-0.25, -0.2) is 4.39 Å². The topological polar surface area (TPSA) is 150 Å². The lowest BCUT2D eigenvalue weighted by Crippen LogP contribution is -2.53. The van der Waals surface area contributed by atoms with Gasteiger partial charge in [0.2, 0.25) is 5.91 Å². The van der Waals surface area contributed by atoms with Crippen LogP contribution in [-0.4, -0.2) is 68.5 Å². The fraction of sp³-hybridized carbons (Fsp3) is 0.636. The van der Waals surface area contributed by atoms with E-state index < -0.39 is 33.7 Å².